The van der Waals surface area contributed by atoms with E-state index in [1.165, 1.54) is 5.70 Å². The summed E-state index contributed by atoms with van der Waals surface area (Å²) in [6.07, 6.45) is 8.37. The van der Waals surface area contributed by atoms with Crippen molar-refractivity contribution in [1.82, 2.24) is 4.90 Å². The second-order valence-corrected chi connectivity index (χ2v) is 5.92. The van der Waals surface area contributed by atoms with Crippen LogP contribution in [0.5, 0.6) is 0 Å². The Hall–Kier alpha value is -1.09. The van der Waals surface area contributed by atoms with Crippen LogP contribution < -0.4 is 0 Å². The van der Waals surface area contributed by atoms with E-state index in [1.807, 2.05) is 12.1 Å². The summed E-state index contributed by atoms with van der Waals surface area (Å²) in [5.74, 6) is 0.438. The lowest BCUT2D eigenvalue weighted by atomic mass is 9.97. The Kier molecular flexibility index (Phi) is 3.25. The molecular formula is C15H15BrFN. The van der Waals surface area contributed by atoms with Crippen LogP contribution in [0.1, 0.15) is 12.0 Å². The van der Waals surface area contributed by atoms with Crippen molar-refractivity contribution in [2.24, 2.45) is 5.92 Å². The molecule has 18 heavy (non-hydrogen) atoms. The molecule has 3 rings (SSSR count). The smallest absolute Gasteiger partial charge is 0.127 e. The van der Waals surface area contributed by atoms with E-state index in [-0.39, 0.29) is 5.82 Å². The van der Waals surface area contributed by atoms with E-state index < -0.39 is 0 Å². The summed E-state index contributed by atoms with van der Waals surface area (Å²) >= 11 is 3.29. The van der Waals surface area contributed by atoms with E-state index in [9.17, 15) is 4.39 Å². The molecule has 1 aromatic rings. The molecule has 0 bridgehead atoms. The van der Waals surface area contributed by atoms with Gasteiger partial charge >= 0.3 is 0 Å². The molecule has 0 unspecified atom stereocenters. The van der Waals surface area contributed by atoms with E-state index >= 15 is 0 Å². The topological polar surface area (TPSA) is 3.24 Å². The summed E-state index contributed by atoms with van der Waals surface area (Å²) in [5.41, 5.74) is 2.23. The summed E-state index contributed by atoms with van der Waals surface area (Å²) < 4.78 is 14.6. The van der Waals surface area contributed by atoms with Gasteiger partial charge in [0.1, 0.15) is 5.82 Å². The number of hydrogen-bond acceptors (Lipinski definition) is 1. The Bertz CT molecular complexity index is 521. The standard InChI is InChI=1S/C15H15BrFN/c16-13-5-4-12(15(17)9-13)7-11-8-14-3-1-2-6-18(14)10-11/h1-5,9,11H,6-8,10H2/t11-/m1/s1. The maximum Gasteiger partial charge on any atom is 0.127 e. The summed E-state index contributed by atoms with van der Waals surface area (Å²) in [5, 5.41) is 0. The lowest BCUT2D eigenvalue weighted by Gasteiger charge is -2.20. The molecule has 2 aliphatic rings. The van der Waals surface area contributed by atoms with Gasteiger partial charge in [-0.2, -0.15) is 0 Å². The Morgan fingerprint density at radius 1 is 1.39 bits per heavy atom. The summed E-state index contributed by atoms with van der Waals surface area (Å²) in [7, 11) is 0. The van der Waals surface area contributed by atoms with Crippen LogP contribution in [-0.2, 0) is 6.42 Å². The fourth-order valence-corrected chi connectivity index (χ4v) is 3.12. The highest BCUT2D eigenvalue weighted by molar-refractivity contribution is 9.10. The van der Waals surface area contributed by atoms with Crippen LogP contribution in [0.2, 0.25) is 0 Å². The largest absolute Gasteiger partial charge is 0.371 e. The molecular weight excluding hydrogens is 293 g/mol. The molecule has 0 radical (unpaired) electrons. The number of fused-ring (bicyclic) bond motifs is 1. The maximum atomic E-state index is 13.8. The maximum absolute atomic E-state index is 13.8. The van der Waals surface area contributed by atoms with Gasteiger partial charge in [-0.1, -0.05) is 34.1 Å². The normalized spacial score (nSPS) is 22.0. The molecule has 3 heteroatoms. The molecule has 1 saturated heterocycles. The van der Waals surface area contributed by atoms with Crippen molar-refractivity contribution in [1.29, 1.82) is 0 Å². The highest BCUT2D eigenvalue weighted by Crippen LogP contribution is 2.31. The predicted molar refractivity (Wildman–Crippen MR) is 74.7 cm³/mol. The van der Waals surface area contributed by atoms with Gasteiger partial charge in [0, 0.05) is 23.3 Å². The number of hydrogen-bond donors (Lipinski definition) is 0. The zero-order valence-electron chi connectivity index (χ0n) is 10.1. The number of benzene rings is 1. The van der Waals surface area contributed by atoms with Crippen molar-refractivity contribution < 1.29 is 4.39 Å². The van der Waals surface area contributed by atoms with Crippen LogP contribution in [0, 0.1) is 11.7 Å². The highest BCUT2D eigenvalue weighted by Gasteiger charge is 2.27. The molecule has 1 atom stereocenters. The van der Waals surface area contributed by atoms with Gasteiger partial charge in [0.2, 0.25) is 0 Å². The third kappa shape index (κ3) is 2.37. The van der Waals surface area contributed by atoms with Gasteiger partial charge in [0.25, 0.3) is 0 Å². The fourth-order valence-electron chi connectivity index (χ4n) is 2.79. The predicted octanol–water partition coefficient (Wildman–Crippen LogP) is 3.91. The SMILES string of the molecule is Fc1cc(Br)ccc1C[C@@H]1CC2=CC=CCN2C1. The zero-order chi connectivity index (χ0) is 12.5. The van der Waals surface area contributed by atoms with Crippen LogP contribution in [0.4, 0.5) is 4.39 Å². The van der Waals surface area contributed by atoms with Crippen LogP contribution in [0.25, 0.3) is 0 Å². The fraction of sp³-hybridized carbons (Fsp3) is 0.333. The Balaban J connectivity index is 1.71. The molecule has 0 spiro atoms. The van der Waals surface area contributed by atoms with E-state index in [1.54, 1.807) is 6.07 Å². The Morgan fingerprint density at radius 3 is 3.06 bits per heavy atom. The third-order valence-electron chi connectivity index (χ3n) is 3.66. The first-order valence-corrected chi connectivity index (χ1v) is 7.06. The first kappa shape index (κ1) is 12.0. The van der Waals surface area contributed by atoms with Crippen LogP contribution in [0.15, 0.2) is 46.6 Å². The van der Waals surface area contributed by atoms with E-state index in [0.29, 0.717) is 5.92 Å². The van der Waals surface area contributed by atoms with Gasteiger partial charge in [-0.3, -0.25) is 0 Å². The Morgan fingerprint density at radius 2 is 2.28 bits per heavy atom. The van der Waals surface area contributed by atoms with Crippen molar-refractivity contribution in [3.63, 3.8) is 0 Å². The quantitative estimate of drug-likeness (QED) is 0.801. The van der Waals surface area contributed by atoms with E-state index in [0.717, 1.165) is 36.0 Å². The van der Waals surface area contributed by atoms with E-state index in [4.69, 9.17) is 0 Å². The Labute approximate surface area is 115 Å². The van der Waals surface area contributed by atoms with Gasteiger partial charge in [-0.25, -0.2) is 4.39 Å². The monoisotopic (exact) mass is 307 g/mol. The minimum absolute atomic E-state index is 0.0960. The first-order chi connectivity index (χ1) is 8.72. The first-order valence-electron chi connectivity index (χ1n) is 6.27. The van der Waals surface area contributed by atoms with Crippen molar-refractivity contribution in [2.45, 2.75) is 12.8 Å². The zero-order valence-corrected chi connectivity index (χ0v) is 11.7. The van der Waals surface area contributed by atoms with Gasteiger partial charge < -0.3 is 4.90 Å². The van der Waals surface area contributed by atoms with Gasteiger partial charge in [0.05, 0.1) is 0 Å². The lowest BCUT2D eigenvalue weighted by Crippen LogP contribution is -2.21. The molecule has 94 valence electrons. The third-order valence-corrected chi connectivity index (χ3v) is 4.15. The van der Waals surface area contributed by atoms with Gasteiger partial charge in [-0.05, 0) is 42.5 Å². The lowest BCUT2D eigenvalue weighted by molar-refractivity contribution is 0.392. The van der Waals surface area contributed by atoms with Crippen molar-refractivity contribution in [3.05, 3.63) is 58.0 Å². The summed E-state index contributed by atoms with van der Waals surface area (Å²) in [4.78, 5) is 2.39. The van der Waals surface area contributed by atoms with Crippen LogP contribution >= 0.6 is 15.9 Å². The average molecular weight is 308 g/mol. The van der Waals surface area contributed by atoms with Crippen LogP contribution in [0.3, 0.4) is 0 Å². The van der Waals surface area contributed by atoms with E-state index in [2.05, 4.69) is 39.1 Å². The minimum Gasteiger partial charge on any atom is -0.371 e. The van der Waals surface area contributed by atoms with Crippen molar-refractivity contribution in [2.75, 3.05) is 13.1 Å². The highest BCUT2D eigenvalue weighted by atomic mass is 79.9. The number of allylic oxidation sites excluding steroid dienone is 3. The minimum atomic E-state index is -0.0960. The molecule has 2 aliphatic heterocycles. The molecule has 0 saturated carbocycles. The second kappa shape index (κ2) is 4.88. The molecule has 0 aromatic heterocycles. The molecule has 2 heterocycles. The number of nitrogens with zero attached hydrogens (tertiary/aromatic N) is 1. The molecule has 0 amide bonds. The summed E-state index contributed by atoms with van der Waals surface area (Å²) in [6.45, 7) is 2.05. The van der Waals surface area contributed by atoms with Crippen LogP contribution in [-0.4, -0.2) is 18.0 Å². The average Bonchev–Trinajstić information content (AvgIpc) is 2.75. The second-order valence-electron chi connectivity index (χ2n) is 5.00. The summed E-state index contributed by atoms with van der Waals surface area (Å²) in [6, 6.07) is 5.36. The number of rotatable bonds is 2. The van der Waals surface area contributed by atoms with Gasteiger partial charge in [-0.15, -0.1) is 0 Å². The number of halogens is 2. The van der Waals surface area contributed by atoms with Gasteiger partial charge in [0.15, 0.2) is 0 Å². The van der Waals surface area contributed by atoms with Crippen molar-refractivity contribution >= 4 is 15.9 Å². The molecule has 0 N–H and O–H groups in total. The molecule has 1 nitrogen and oxygen atoms in total. The molecule has 0 aliphatic carbocycles. The molecule has 1 aromatic carbocycles. The molecule has 1 fully saturated rings. The van der Waals surface area contributed by atoms with Crippen molar-refractivity contribution in [3.8, 4) is 0 Å².